The molecule has 0 saturated heterocycles. The molecule has 1 aliphatic rings. The molecular weight excluding hydrogens is 164 g/mol. The van der Waals surface area contributed by atoms with Gasteiger partial charge in [0.2, 0.25) is 0 Å². The van der Waals surface area contributed by atoms with Gasteiger partial charge in [-0.1, -0.05) is 0 Å². The Morgan fingerprint density at radius 1 is 1.91 bits per heavy atom. The number of carboxylic acids is 1. The van der Waals surface area contributed by atoms with Crippen molar-refractivity contribution in [3.8, 4) is 0 Å². The maximum atomic E-state index is 10.3. The van der Waals surface area contributed by atoms with Gasteiger partial charge in [-0.2, -0.15) is 0 Å². The highest BCUT2D eigenvalue weighted by molar-refractivity contribution is 8.00. The van der Waals surface area contributed by atoms with Gasteiger partial charge in [0.15, 0.2) is 0 Å². The Kier molecular flexibility index (Phi) is 2.90. The van der Waals surface area contributed by atoms with Crippen LogP contribution in [0, 0.1) is 0 Å². The minimum Gasteiger partial charge on any atom is -0.480 e. The van der Waals surface area contributed by atoms with Gasteiger partial charge in [-0.25, -0.2) is 0 Å². The third-order valence-corrected chi connectivity index (χ3v) is 2.27. The summed E-state index contributed by atoms with van der Waals surface area (Å²) in [4.78, 5) is 14.4. The predicted molar refractivity (Wildman–Crippen MR) is 45.0 cm³/mol. The lowest BCUT2D eigenvalue weighted by Gasteiger charge is -2.03. The number of hydrogen-bond donors (Lipinski definition) is 2. The lowest BCUT2D eigenvalue weighted by atomic mass is 10.1. The molecule has 1 heterocycles. The molecule has 0 aromatic carbocycles. The Balaban J connectivity index is 2.35. The third kappa shape index (κ3) is 2.51. The second-order valence-electron chi connectivity index (χ2n) is 2.35. The molecule has 62 valence electrons. The van der Waals surface area contributed by atoms with Crippen molar-refractivity contribution in [1.82, 2.24) is 0 Å². The first-order valence-corrected chi connectivity index (χ1v) is 4.44. The van der Waals surface area contributed by atoms with E-state index < -0.39 is 12.0 Å². The van der Waals surface area contributed by atoms with Crippen LogP contribution in [-0.2, 0) is 4.79 Å². The second kappa shape index (κ2) is 3.73. The molecule has 0 radical (unpaired) electrons. The number of rotatable bonds is 3. The van der Waals surface area contributed by atoms with Gasteiger partial charge in [0.1, 0.15) is 6.04 Å². The molecule has 0 aromatic heterocycles. The molecule has 1 rings (SSSR count). The molecule has 0 aliphatic carbocycles. The molecule has 0 fully saturated rings. The van der Waals surface area contributed by atoms with E-state index in [1.165, 1.54) is 0 Å². The van der Waals surface area contributed by atoms with Crippen molar-refractivity contribution in [1.29, 1.82) is 0 Å². The number of hydrogen-bond acceptors (Lipinski definition) is 4. The number of nitrogens with two attached hydrogens (primary N) is 1. The van der Waals surface area contributed by atoms with Crippen molar-refractivity contribution < 1.29 is 9.90 Å². The van der Waals surface area contributed by atoms with Gasteiger partial charge in [-0.15, -0.1) is 11.8 Å². The summed E-state index contributed by atoms with van der Waals surface area (Å²) in [6, 6.07) is -0.785. The first-order valence-electron chi connectivity index (χ1n) is 3.28. The van der Waals surface area contributed by atoms with Gasteiger partial charge < -0.3 is 10.8 Å². The molecule has 5 heteroatoms. The van der Waals surface area contributed by atoms with Gasteiger partial charge in [-0.3, -0.25) is 9.79 Å². The van der Waals surface area contributed by atoms with Crippen molar-refractivity contribution >= 4 is 23.4 Å². The van der Waals surface area contributed by atoms with E-state index in [2.05, 4.69) is 4.99 Å². The van der Waals surface area contributed by atoms with E-state index >= 15 is 0 Å². The SMILES string of the molecule is NC(CC1=NCSC1)C(=O)O. The third-order valence-electron chi connectivity index (χ3n) is 1.42. The maximum Gasteiger partial charge on any atom is 0.320 e. The number of carboxylic acid groups (broad SMARTS) is 1. The van der Waals surface area contributed by atoms with Crippen LogP contribution in [0.2, 0.25) is 0 Å². The fraction of sp³-hybridized carbons (Fsp3) is 0.667. The van der Waals surface area contributed by atoms with E-state index in [1.54, 1.807) is 11.8 Å². The molecule has 0 bridgehead atoms. The quantitative estimate of drug-likeness (QED) is 0.628. The normalized spacial score (nSPS) is 19.5. The van der Waals surface area contributed by atoms with Crippen LogP contribution in [0.15, 0.2) is 4.99 Å². The minimum absolute atomic E-state index is 0.391. The fourth-order valence-corrected chi connectivity index (χ4v) is 1.62. The van der Waals surface area contributed by atoms with Crippen molar-refractivity contribution in [3.63, 3.8) is 0 Å². The number of thioether (sulfide) groups is 1. The maximum absolute atomic E-state index is 10.3. The Morgan fingerprint density at radius 2 is 2.64 bits per heavy atom. The predicted octanol–water partition coefficient (Wildman–Crippen LogP) is -0.0663. The van der Waals surface area contributed by atoms with Crippen molar-refractivity contribution in [2.75, 3.05) is 11.6 Å². The zero-order chi connectivity index (χ0) is 8.27. The fourth-order valence-electron chi connectivity index (χ4n) is 0.811. The summed E-state index contributed by atoms with van der Waals surface area (Å²) >= 11 is 1.68. The van der Waals surface area contributed by atoms with Crippen LogP contribution in [-0.4, -0.2) is 34.5 Å². The van der Waals surface area contributed by atoms with E-state index in [1.807, 2.05) is 0 Å². The monoisotopic (exact) mass is 174 g/mol. The number of aliphatic imine (C=N–C) groups is 1. The largest absolute Gasteiger partial charge is 0.480 e. The van der Waals surface area contributed by atoms with Crippen LogP contribution >= 0.6 is 11.8 Å². The van der Waals surface area contributed by atoms with Crippen LogP contribution in [0.3, 0.4) is 0 Å². The molecule has 1 atom stereocenters. The first kappa shape index (κ1) is 8.55. The summed E-state index contributed by atoms with van der Waals surface area (Å²) in [5.41, 5.74) is 6.23. The Morgan fingerprint density at radius 3 is 3.09 bits per heavy atom. The molecular formula is C6H10N2O2S. The summed E-state index contributed by atoms with van der Waals surface area (Å²) < 4.78 is 0. The highest BCUT2D eigenvalue weighted by Crippen LogP contribution is 2.12. The van der Waals surface area contributed by atoms with Crippen LogP contribution < -0.4 is 5.73 Å². The molecule has 0 aromatic rings. The van der Waals surface area contributed by atoms with Gasteiger partial charge in [0.05, 0.1) is 5.88 Å². The Bertz CT molecular complexity index is 193. The van der Waals surface area contributed by atoms with Crippen LogP contribution in [0.1, 0.15) is 6.42 Å². The number of aliphatic carboxylic acids is 1. The molecule has 0 spiro atoms. The van der Waals surface area contributed by atoms with Gasteiger partial charge in [0, 0.05) is 17.9 Å². The average Bonchev–Trinajstić information content (AvgIpc) is 2.39. The number of nitrogens with zero attached hydrogens (tertiary/aromatic N) is 1. The summed E-state index contributed by atoms with van der Waals surface area (Å²) in [6.07, 6.45) is 0.391. The zero-order valence-electron chi connectivity index (χ0n) is 5.99. The highest BCUT2D eigenvalue weighted by Gasteiger charge is 2.16. The average molecular weight is 174 g/mol. The molecule has 1 unspecified atom stereocenters. The van der Waals surface area contributed by atoms with E-state index in [0.717, 1.165) is 17.3 Å². The second-order valence-corrected chi connectivity index (χ2v) is 3.31. The summed E-state index contributed by atoms with van der Waals surface area (Å²) in [5.74, 6) is 0.632. The van der Waals surface area contributed by atoms with Gasteiger partial charge in [0.25, 0.3) is 0 Å². The zero-order valence-corrected chi connectivity index (χ0v) is 6.80. The summed E-state index contributed by atoms with van der Waals surface area (Å²) in [7, 11) is 0. The molecule has 1 aliphatic heterocycles. The van der Waals surface area contributed by atoms with E-state index in [4.69, 9.17) is 10.8 Å². The lowest BCUT2D eigenvalue weighted by molar-refractivity contribution is -0.138. The first-order chi connectivity index (χ1) is 5.20. The smallest absolute Gasteiger partial charge is 0.320 e. The van der Waals surface area contributed by atoms with Crippen LogP contribution in [0.25, 0.3) is 0 Å². The van der Waals surface area contributed by atoms with E-state index in [-0.39, 0.29) is 0 Å². The minimum atomic E-state index is -0.954. The summed E-state index contributed by atoms with van der Waals surface area (Å²) in [5, 5.41) is 8.46. The molecule has 0 saturated carbocycles. The van der Waals surface area contributed by atoms with Crippen molar-refractivity contribution in [2.45, 2.75) is 12.5 Å². The van der Waals surface area contributed by atoms with Crippen LogP contribution in [0.4, 0.5) is 0 Å². The Labute approximate surface area is 68.9 Å². The molecule has 3 N–H and O–H groups in total. The number of carbonyl (C=O) groups is 1. The summed E-state index contributed by atoms with van der Waals surface area (Å²) in [6.45, 7) is 0. The molecule has 11 heavy (non-hydrogen) atoms. The van der Waals surface area contributed by atoms with Crippen LogP contribution in [0.5, 0.6) is 0 Å². The van der Waals surface area contributed by atoms with E-state index in [9.17, 15) is 4.79 Å². The highest BCUT2D eigenvalue weighted by atomic mass is 32.2. The Hall–Kier alpha value is -0.550. The molecule has 0 amide bonds. The standard InChI is InChI=1S/C6H10N2O2S/c7-5(6(9)10)1-4-2-11-3-8-4/h5H,1-3,7H2,(H,9,10). The van der Waals surface area contributed by atoms with Gasteiger partial charge in [-0.05, 0) is 0 Å². The van der Waals surface area contributed by atoms with Crippen molar-refractivity contribution in [2.24, 2.45) is 10.7 Å². The molecule has 4 nitrogen and oxygen atoms in total. The van der Waals surface area contributed by atoms with Crippen molar-refractivity contribution in [3.05, 3.63) is 0 Å². The van der Waals surface area contributed by atoms with Gasteiger partial charge >= 0.3 is 5.97 Å². The van der Waals surface area contributed by atoms with E-state index in [0.29, 0.717) is 6.42 Å². The topological polar surface area (TPSA) is 75.7 Å². The lowest BCUT2D eigenvalue weighted by Crippen LogP contribution is -2.32.